The third-order valence-electron chi connectivity index (χ3n) is 12.4. The molecule has 0 fully saturated rings. The Kier molecular flexibility index (Phi) is 9.76. The predicted octanol–water partition coefficient (Wildman–Crippen LogP) is 14.5. The third kappa shape index (κ3) is 7.02. The molecular formula is C60H40N4. The Morgan fingerprint density at radius 2 is 1.06 bits per heavy atom. The van der Waals surface area contributed by atoms with Crippen molar-refractivity contribution in [1.82, 2.24) is 0 Å². The number of benzene rings is 10. The lowest BCUT2D eigenvalue weighted by atomic mass is 9.88. The summed E-state index contributed by atoms with van der Waals surface area (Å²) < 4.78 is 0. The van der Waals surface area contributed by atoms with Crippen LogP contribution in [0, 0.1) is 11.3 Å². The molecule has 0 saturated heterocycles. The Bertz CT molecular complexity index is 3540. The summed E-state index contributed by atoms with van der Waals surface area (Å²) in [6.07, 6.45) is 0. The van der Waals surface area contributed by atoms with E-state index in [4.69, 9.17) is 15.7 Å². The van der Waals surface area contributed by atoms with E-state index in [2.05, 4.69) is 170 Å². The molecule has 11 rings (SSSR count). The largest absolute Gasteiger partial charge is 0.383 e. The third-order valence-corrected chi connectivity index (χ3v) is 12.4. The van der Waals surface area contributed by atoms with Crippen LogP contribution in [-0.2, 0) is 6.54 Å². The molecule has 0 amide bonds. The van der Waals surface area contributed by atoms with E-state index in [1.165, 1.54) is 49.4 Å². The van der Waals surface area contributed by atoms with Crippen molar-refractivity contribution in [3.8, 4) is 72.8 Å². The first-order valence-electron chi connectivity index (χ1n) is 21.5. The fourth-order valence-corrected chi connectivity index (χ4v) is 9.25. The van der Waals surface area contributed by atoms with Crippen LogP contribution in [0.25, 0.3) is 88.3 Å². The molecule has 0 unspecified atom stereocenters. The monoisotopic (exact) mass is 816 g/mol. The SMILES string of the molecule is N#Cc1ccc(-c2cccc(-c3ccc4cccc5c4c3-c3ccccc3-5)c2)c(-c2ccc(-c3ccccc3C(N=C(N)c3ccccc3)=NCc3ccc4ccccc4c3)cc2)c1. The molecule has 0 aliphatic heterocycles. The second-order valence-electron chi connectivity index (χ2n) is 16.2. The van der Waals surface area contributed by atoms with E-state index in [9.17, 15) is 5.26 Å². The van der Waals surface area contributed by atoms with Gasteiger partial charge in [-0.15, -0.1) is 0 Å². The van der Waals surface area contributed by atoms with Crippen LogP contribution in [0.5, 0.6) is 0 Å². The summed E-state index contributed by atoms with van der Waals surface area (Å²) in [4.78, 5) is 10.1. The lowest BCUT2D eigenvalue weighted by Crippen LogP contribution is -2.16. The molecule has 1 aliphatic rings. The van der Waals surface area contributed by atoms with Crippen molar-refractivity contribution in [3.63, 3.8) is 0 Å². The van der Waals surface area contributed by atoms with Crippen LogP contribution in [0.1, 0.15) is 22.3 Å². The molecule has 2 N–H and O–H groups in total. The van der Waals surface area contributed by atoms with Crippen LogP contribution >= 0.6 is 0 Å². The molecule has 0 atom stereocenters. The molecule has 0 bridgehead atoms. The van der Waals surface area contributed by atoms with Gasteiger partial charge in [-0.1, -0.05) is 194 Å². The number of hydrogen-bond acceptors (Lipinski definition) is 2. The van der Waals surface area contributed by atoms with E-state index in [0.29, 0.717) is 23.8 Å². The second-order valence-corrected chi connectivity index (χ2v) is 16.2. The lowest BCUT2D eigenvalue weighted by Gasteiger charge is -2.15. The van der Waals surface area contributed by atoms with Gasteiger partial charge in [0.05, 0.1) is 18.2 Å². The maximum absolute atomic E-state index is 10.1. The predicted molar refractivity (Wildman–Crippen MR) is 266 cm³/mol. The lowest BCUT2D eigenvalue weighted by molar-refractivity contribution is 1.06. The second kappa shape index (κ2) is 16.3. The smallest absolute Gasteiger partial charge is 0.157 e. The Morgan fingerprint density at radius 3 is 1.88 bits per heavy atom. The van der Waals surface area contributed by atoms with Gasteiger partial charge in [-0.25, -0.2) is 4.99 Å². The van der Waals surface area contributed by atoms with Gasteiger partial charge in [0.2, 0.25) is 0 Å². The number of fused-ring (bicyclic) bond motifs is 4. The highest BCUT2D eigenvalue weighted by Gasteiger charge is 2.24. The average Bonchev–Trinajstić information content (AvgIpc) is 3.71. The van der Waals surface area contributed by atoms with Gasteiger partial charge in [0.25, 0.3) is 0 Å². The van der Waals surface area contributed by atoms with Gasteiger partial charge in [0.15, 0.2) is 5.84 Å². The fraction of sp³-hybridized carbons (Fsp3) is 0.0167. The van der Waals surface area contributed by atoms with E-state index in [0.717, 1.165) is 55.6 Å². The topological polar surface area (TPSA) is 74.5 Å². The summed E-state index contributed by atoms with van der Waals surface area (Å²) in [5.41, 5.74) is 23.7. The molecule has 0 radical (unpaired) electrons. The number of nitrogens with two attached hydrogens (primary N) is 1. The molecule has 10 aromatic carbocycles. The molecule has 4 heteroatoms. The van der Waals surface area contributed by atoms with Gasteiger partial charge in [-0.2, -0.15) is 5.26 Å². The molecule has 0 aromatic heterocycles. The van der Waals surface area contributed by atoms with Crippen molar-refractivity contribution >= 4 is 33.2 Å². The molecule has 0 heterocycles. The molecule has 4 nitrogen and oxygen atoms in total. The number of nitriles is 1. The highest BCUT2D eigenvalue weighted by atomic mass is 15.0. The zero-order valence-electron chi connectivity index (χ0n) is 34.9. The number of rotatable bonds is 8. The minimum absolute atomic E-state index is 0.399. The van der Waals surface area contributed by atoms with Gasteiger partial charge in [-0.3, -0.25) is 4.99 Å². The molecule has 10 aromatic rings. The average molecular weight is 817 g/mol. The van der Waals surface area contributed by atoms with Crippen LogP contribution in [0.2, 0.25) is 0 Å². The van der Waals surface area contributed by atoms with E-state index in [1.807, 2.05) is 54.6 Å². The summed E-state index contributed by atoms with van der Waals surface area (Å²) in [6, 6.07) is 78.4. The molecule has 64 heavy (non-hydrogen) atoms. The zero-order valence-corrected chi connectivity index (χ0v) is 34.9. The first-order chi connectivity index (χ1) is 31.6. The van der Waals surface area contributed by atoms with E-state index in [1.54, 1.807) is 0 Å². The van der Waals surface area contributed by atoms with E-state index < -0.39 is 0 Å². The number of nitrogens with zero attached hydrogens (tertiary/aromatic N) is 3. The van der Waals surface area contributed by atoms with Gasteiger partial charge in [-0.05, 0) is 118 Å². The summed E-state index contributed by atoms with van der Waals surface area (Å²) in [5, 5.41) is 15.0. The summed E-state index contributed by atoms with van der Waals surface area (Å²) in [7, 11) is 0. The molecule has 300 valence electrons. The van der Waals surface area contributed by atoms with E-state index in [-0.39, 0.29) is 0 Å². The van der Waals surface area contributed by atoms with Gasteiger partial charge in [0, 0.05) is 11.1 Å². The standard InChI is InChI=1S/C60H40N4/c61-37-39-25-32-50(47-17-10-18-48(36-47)51-33-31-44-16-11-23-53-52-20-7-8-21-54(52)58(51)57(44)53)56(35-39)43-29-27-42(28-30-43)49-19-6-9-22-55(49)60(64-59(62)45-13-2-1-3-14-45)63-38-40-24-26-41-12-4-5-15-46(41)34-40/h1-36H,38H2,(H2,62,63,64). The van der Waals surface area contributed by atoms with Crippen LogP contribution in [-0.4, -0.2) is 11.7 Å². The van der Waals surface area contributed by atoms with Crippen molar-refractivity contribution in [2.45, 2.75) is 6.54 Å². The summed E-state index contributed by atoms with van der Waals surface area (Å²) in [6.45, 7) is 0.439. The van der Waals surface area contributed by atoms with Gasteiger partial charge >= 0.3 is 0 Å². The van der Waals surface area contributed by atoms with Crippen LogP contribution < -0.4 is 5.73 Å². The van der Waals surface area contributed by atoms with E-state index >= 15 is 0 Å². The Balaban J connectivity index is 0.969. The van der Waals surface area contributed by atoms with Crippen molar-refractivity contribution in [2.75, 3.05) is 0 Å². The van der Waals surface area contributed by atoms with Crippen LogP contribution in [0.4, 0.5) is 0 Å². The number of aliphatic imine (C=N–C) groups is 2. The number of amidine groups is 2. The normalized spacial score (nSPS) is 12.0. The highest BCUT2D eigenvalue weighted by Crippen LogP contribution is 2.51. The summed E-state index contributed by atoms with van der Waals surface area (Å²) in [5.74, 6) is 0.957. The zero-order chi connectivity index (χ0) is 43.0. The fourth-order valence-electron chi connectivity index (χ4n) is 9.25. The highest BCUT2D eigenvalue weighted by molar-refractivity contribution is 6.19. The molecular weight excluding hydrogens is 777 g/mol. The van der Waals surface area contributed by atoms with Crippen molar-refractivity contribution in [2.24, 2.45) is 15.7 Å². The Morgan fingerprint density at radius 1 is 0.438 bits per heavy atom. The minimum Gasteiger partial charge on any atom is -0.383 e. The van der Waals surface area contributed by atoms with Gasteiger partial charge < -0.3 is 5.73 Å². The first-order valence-corrected chi connectivity index (χ1v) is 21.5. The van der Waals surface area contributed by atoms with Crippen molar-refractivity contribution in [3.05, 3.63) is 241 Å². The maximum atomic E-state index is 10.1. The minimum atomic E-state index is 0.399. The maximum Gasteiger partial charge on any atom is 0.157 e. The molecule has 0 spiro atoms. The summed E-state index contributed by atoms with van der Waals surface area (Å²) >= 11 is 0. The first kappa shape index (κ1) is 38.3. The van der Waals surface area contributed by atoms with Crippen LogP contribution in [0.3, 0.4) is 0 Å². The van der Waals surface area contributed by atoms with Gasteiger partial charge in [0.1, 0.15) is 5.84 Å². The Labute approximate surface area is 372 Å². The molecule has 0 saturated carbocycles. The van der Waals surface area contributed by atoms with Crippen molar-refractivity contribution in [1.29, 1.82) is 5.26 Å². The number of hydrogen-bond donors (Lipinski definition) is 1. The molecule has 1 aliphatic carbocycles. The quantitative estimate of drug-likeness (QED) is 0.122. The van der Waals surface area contributed by atoms with Crippen molar-refractivity contribution < 1.29 is 0 Å². The van der Waals surface area contributed by atoms with Crippen LogP contribution in [0.15, 0.2) is 228 Å². The Hall–Kier alpha value is -8.65.